The third-order valence-corrected chi connectivity index (χ3v) is 3.23. The van der Waals surface area contributed by atoms with Gasteiger partial charge < -0.3 is 19.8 Å². The van der Waals surface area contributed by atoms with Crippen LogP contribution in [0.3, 0.4) is 0 Å². The van der Waals surface area contributed by atoms with E-state index in [-0.39, 0.29) is 11.6 Å². The highest BCUT2D eigenvalue weighted by molar-refractivity contribution is 5.69. The molecule has 2 fully saturated rings. The van der Waals surface area contributed by atoms with Crippen molar-refractivity contribution in [2.24, 2.45) is 0 Å². The van der Waals surface area contributed by atoms with Crippen molar-refractivity contribution in [1.82, 2.24) is 10.2 Å². The summed E-state index contributed by atoms with van der Waals surface area (Å²) < 4.78 is 5.26. The van der Waals surface area contributed by atoms with Crippen molar-refractivity contribution in [3.63, 3.8) is 0 Å². The van der Waals surface area contributed by atoms with Gasteiger partial charge in [-0.15, -0.1) is 0 Å². The highest BCUT2D eigenvalue weighted by Gasteiger charge is 2.50. The molecule has 6 nitrogen and oxygen atoms in total. The van der Waals surface area contributed by atoms with E-state index in [9.17, 15) is 15.0 Å². The summed E-state index contributed by atoms with van der Waals surface area (Å²) in [5, 5.41) is 22.3. The fourth-order valence-corrected chi connectivity index (χ4v) is 2.62. The molecule has 2 rings (SSSR count). The number of nitrogens with zero attached hydrogens (tertiary/aromatic N) is 1. The molecule has 6 heteroatoms. The molecular weight excluding hydrogens is 236 g/mol. The largest absolute Gasteiger partial charge is 0.444 e. The van der Waals surface area contributed by atoms with Crippen LogP contribution in [0.5, 0.6) is 0 Å². The molecule has 2 aliphatic rings. The summed E-state index contributed by atoms with van der Waals surface area (Å²) in [6.07, 6.45) is -0.654. The molecule has 0 saturated carbocycles. The van der Waals surface area contributed by atoms with Gasteiger partial charge in [0.15, 0.2) is 0 Å². The van der Waals surface area contributed by atoms with Gasteiger partial charge >= 0.3 is 6.09 Å². The molecule has 0 aromatic heterocycles. The molecule has 0 aromatic carbocycles. The summed E-state index contributed by atoms with van der Waals surface area (Å²) in [6.45, 7) is 6.42. The molecule has 2 atom stereocenters. The smallest absolute Gasteiger partial charge is 0.410 e. The summed E-state index contributed by atoms with van der Waals surface area (Å²) in [5.74, 6) is 0. The van der Waals surface area contributed by atoms with E-state index in [2.05, 4.69) is 5.32 Å². The van der Waals surface area contributed by atoms with Crippen molar-refractivity contribution in [2.45, 2.75) is 57.1 Å². The number of nitrogens with one attached hydrogen (secondary N) is 1. The topological polar surface area (TPSA) is 82.0 Å². The zero-order valence-electron chi connectivity index (χ0n) is 11.1. The zero-order chi connectivity index (χ0) is 13.6. The fourth-order valence-electron chi connectivity index (χ4n) is 2.62. The van der Waals surface area contributed by atoms with Crippen LogP contribution in [0.15, 0.2) is 0 Å². The summed E-state index contributed by atoms with van der Waals surface area (Å²) in [5.41, 5.74) is -0.854. The second-order valence-electron chi connectivity index (χ2n) is 6.37. The monoisotopic (exact) mass is 258 g/mol. The number of hydrogen-bond acceptors (Lipinski definition) is 5. The minimum absolute atomic E-state index is 0.341. The lowest BCUT2D eigenvalue weighted by atomic mass is 9.80. The fraction of sp³-hybridized carbons (Fsp3) is 0.917. The summed E-state index contributed by atoms with van der Waals surface area (Å²) in [7, 11) is 0. The number of hydrogen-bond donors (Lipinski definition) is 3. The van der Waals surface area contributed by atoms with E-state index < -0.39 is 17.9 Å². The van der Waals surface area contributed by atoms with Gasteiger partial charge in [0.05, 0.1) is 11.6 Å². The Hall–Kier alpha value is -0.850. The lowest BCUT2D eigenvalue weighted by Crippen LogP contribution is -2.75. The first kappa shape index (κ1) is 13.6. The molecule has 2 aliphatic heterocycles. The highest BCUT2D eigenvalue weighted by atomic mass is 16.6. The number of piperidine rings is 1. The molecule has 0 radical (unpaired) electrons. The molecule has 0 aromatic rings. The first-order valence-electron chi connectivity index (χ1n) is 6.31. The van der Waals surface area contributed by atoms with Crippen LogP contribution < -0.4 is 5.32 Å². The number of likely N-dealkylation sites (tertiary alicyclic amines) is 1. The number of ether oxygens (including phenoxy) is 1. The first-order valence-corrected chi connectivity index (χ1v) is 6.31. The maximum Gasteiger partial charge on any atom is 0.410 e. The standard InChI is InChI=1S/C12H22N2O4/c1-11(2,3)18-10(17)14-6-12(7-14)5-8(15)4-9(16)13-12/h8-9,13,15-16H,4-7H2,1-3H3. The molecule has 2 saturated heterocycles. The van der Waals surface area contributed by atoms with Crippen LogP contribution in [0.4, 0.5) is 4.79 Å². The molecule has 3 N–H and O–H groups in total. The third kappa shape index (κ3) is 2.93. The summed E-state index contributed by atoms with van der Waals surface area (Å²) >= 11 is 0. The Labute approximate surface area is 107 Å². The van der Waals surface area contributed by atoms with Crippen LogP contribution >= 0.6 is 0 Å². The van der Waals surface area contributed by atoms with E-state index >= 15 is 0 Å². The minimum Gasteiger partial charge on any atom is -0.444 e. The van der Waals surface area contributed by atoms with Gasteiger partial charge in [-0.3, -0.25) is 5.32 Å². The van der Waals surface area contributed by atoms with E-state index in [1.54, 1.807) is 4.90 Å². The Morgan fingerprint density at radius 3 is 2.50 bits per heavy atom. The van der Waals surface area contributed by atoms with Crippen LogP contribution in [0, 0.1) is 0 Å². The van der Waals surface area contributed by atoms with Gasteiger partial charge in [0.1, 0.15) is 11.8 Å². The average Bonchev–Trinajstić information content (AvgIpc) is 2.08. The van der Waals surface area contributed by atoms with Crippen molar-refractivity contribution in [3.05, 3.63) is 0 Å². The van der Waals surface area contributed by atoms with Gasteiger partial charge in [-0.1, -0.05) is 0 Å². The molecule has 18 heavy (non-hydrogen) atoms. The van der Waals surface area contributed by atoms with Crippen molar-refractivity contribution in [1.29, 1.82) is 0 Å². The highest BCUT2D eigenvalue weighted by Crippen LogP contribution is 2.32. The molecule has 2 heterocycles. The van der Waals surface area contributed by atoms with Crippen LogP contribution in [0.1, 0.15) is 33.6 Å². The van der Waals surface area contributed by atoms with Crippen LogP contribution in [0.2, 0.25) is 0 Å². The van der Waals surface area contributed by atoms with E-state index in [1.807, 2.05) is 20.8 Å². The Bertz CT molecular complexity index is 321. The van der Waals surface area contributed by atoms with Crippen LogP contribution in [0.25, 0.3) is 0 Å². The number of amides is 1. The number of aliphatic hydroxyl groups is 2. The zero-order valence-corrected chi connectivity index (χ0v) is 11.1. The number of carbonyl (C=O) groups excluding carboxylic acids is 1. The quantitative estimate of drug-likeness (QED) is 0.571. The van der Waals surface area contributed by atoms with Gasteiger partial charge in [0.2, 0.25) is 0 Å². The normalized spacial score (nSPS) is 31.1. The van der Waals surface area contributed by atoms with Crippen molar-refractivity contribution >= 4 is 6.09 Å². The van der Waals surface area contributed by atoms with Gasteiger partial charge in [-0.05, 0) is 27.2 Å². The van der Waals surface area contributed by atoms with Crippen molar-refractivity contribution < 1.29 is 19.7 Å². The van der Waals surface area contributed by atoms with Crippen LogP contribution in [-0.4, -0.2) is 57.8 Å². The predicted octanol–water partition coefficient (Wildman–Crippen LogP) is 0.0386. The maximum atomic E-state index is 11.8. The lowest BCUT2D eigenvalue weighted by molar-refractivity contribution is -0.0850. The second-order valence-corrected chi connectivity index (χ2v) is 6.37. The van der Waals surface area contributed by atoms with E-state index in [0.717, 1.165) is 0 Å². The SMILES string of the molecule is CC(C)(C)OC(=O)N1CC2(CC(O)CC(O)N2)C1. The van der Waals surface area contributed by atoms with Crippen LogP contribution in [-0.2, 0) is 4.74 Å². The van der Waals surface area contributed by atoms with E-state index in [4.69, 9.17) is 4.74 Å². The Morgan fingerprint density at radius 1 is 1.39 bits per heavy atom. The maximum absolute atomic E-state index is 11.8. The molecule has 2 unspecified atom stereocenters. The van der Waals surface area contributed by atoms with Gasteiger partial charge in [0.25, 0.3) is 0 Å². The molecule has 104 valence electrons. The van der Waals surface area contributed by atoms with Gasteiger partial charge in [-0.25, -0.2) is 4.79 Å². The molecule has 0 bridgehead atoms. The third-order valence-electron chi connectivity index (χ3n) is 3.23. The average molecular weight is 258 g/mol. The first-order chi connectivity index (χ1) is 8.19. The number of rotatable bonds is 0. The Balaban J connectivity index is 1.87. The predicted molar refractivity (Wildman–Crippen MR) is 64.9 cm³/mol. The summed E-state index contributed by atoms with van der Waals surface area (Å²) in [4.78, 5) is 13.4. The van der Waals surface area contributed by atoms with E-state index in [1.165, 1.54) is 0 Å². The van der Waals surface area contributed by atoms with Gasteiger partial charge in [-0.2, -0.15) is 0 Å². The number of carbonyl (C=O) groups is 1. The van der Waals surface area contributed by atoms with Crippen molar-refractivity contribution in [2.75, 3.05) is 13.1 Å². The molecule has 0 aliphatic carbocycles. The Morgan fingerprint density at radius 2 is 2.00 bits per heavy atom. The van der Waals surface area contributed by atoms with Gasteiger partial charge in [0, 0.05) is 19.5 Å². The second kappa shape index (κ2) is 4.36. The molecule has 1 spiro atoms. The molecule has 1 amide bonds. The minimum atomic E-state index is -0.700. The number of aliphatic hydroxyl groups excluding tert-OH is 2. The summed E-state index contributed by atoms with van der Waals surface area (Å²) in [6, 6.07) is 0. The van der Waals surface area contributed by atoms with E-state index in [0.29, 0.717) is 25.9 Å². The lowest BCUT2D eigenvalue weighted by Gasteiger charge is -2.54. The molecular formula is C12H22N2O4. The Kier molecular flexibility index (Phi) is 3.29. The van der Waals surface area contributed by atoms with Crippen molar-refractivity contribution in [3.8, 4) is 0 Å².